The van der Waals surface area contributed by atoms with Crippen LogP contribution in [0.2, 0.25) is 0 Å². The van der Waals surface area contributed by atoms with E-state index in [0.29, 0.717) is 21.9 Å². The second-order valence-corrected chi connectivity index (χ2v) is 12.3. The molecule has 0 fully saturated rings. The van der Waals surface area contributed by atoms with Gasteiger partial charge in [-0.1, -0.05) is 29.5 Å². The minimum atomic E-state index is -3.81. The van der Waals surface area contributed by atoms with E-state index >= 15 is 0 Å². The molecule has 4 aromatic rings. The zero-order valence-electron chi connectivity index (χ0n) is 19.5. The van der Waals surface area contributed by atoms with Crippen molar-refractivity contribution in [3.8, 4) is 5.69 Å². The number of rotatable bonds is 6. The van der Waals surface area contributed by atoms with Crippen molar-refractivity contribution in [2.75, 3.05) is 11.1 Å². The minimum Gasteiger partial charge on any atom is -0.325 e. The molecule has 3 N–H and O–H groups in total. The highest BCUT2D eigenvalue weighted by molar-refractivity contribution is 7.99. The van der Waals surface area contributed by atoms with Gasteiger partial charge in [0, 0.05) is 10.6 Å². The number of benzene rings is 2. The number of carbonyl (C=O) groups is 1. The Bertz CT molecular complexity index is 1620. The average Bonchev–Trinajstić information content (AvgIpc) is 3.22. The first-order valence-corrected chi connectivity index (χ1v) is 14.8. The van der Waals surface area contributed by atoms with Crippen LogP contribution in [0.25, 0.3) is 15.9 Å². The number of nitrogens with one attached hydrogen (secondary N) is 1. The molecule has 0 saturated carbocycles. The van der Waals surface area contributed by atoms with Gasteiger partial charge in [0.25, 0.3) is 5.56 Å². The van der Waals surface area contributed by atoms with Gasteiger partial charge >= 0.3 is 0 Å². The predicted molar refractivity (Wildman–Crippen MR) is 144 cm³/mol. The number of nitrogens with two attached hydrogens (primary N) is 1. The molecule has 0 radical (unpaired) electrons. The third-order valence-electron chi connectivity index (χ3n) is 6.05. The second-order valence-electron chi connectivity index (χ2n) is 8.67. The molecule has 1 aliphatic carbocycles. The SMILES string of the molecule is Cc1ccc(-n2c(SCC(=O)Nc3ccc(S(N)(=O)=O)cc3)nc3sc4c(c3c2=O)CCCC4)cc1. The number of fused-ring (bicyclic) bond motifs is 3. The summed E-state index contributed by atoms with van der Waals surface area (Å²) in [6.07, 6.45) is 4.04. The van der Waals surface area contributed by atoms with Crippen LogP contribution < -0.4 is 16.0 Å². The molecule has 0 bridgehead atoms. The molecule has 0 unspecified atom stereocenters. The zero-order valence-corrected chi connectivity index (χ0v) is 21.9. The molecule has 2 heterocycles. The lowest BCUT2D eigenvalue weighted by Crippen LogP contribution is -2.23. The molecule has 0 atom stereocenters. The van der Waals surface area contributed by atoms with Gasteiger partial charge in [0.2, 0.25) is 15.9 Å². The zero-order chi connectivity index (χ0) is 25.4. The van der Waals surface area contributed by atoms with E-state index in [9.17, 15) is 18.0 Å². The van der Waals surface area contributed by atoms with Crippen molar-refractivity contribution >= 4 is 54.9 Å². The number of sulfonamides is 1. The Morgan fingerprint density at radius 3 is 2.50 bits per heavy atom. The molecule has 0 spiro atoms. The number of hydrogen-bond donors (Lipinski definition) is 2. The van der Waals surface area contributed by atoms with E-state index in [1.54, 1.807) is 15.9 Å². The van der Waals surface area contributed by atoms with Crippen LogP contribution in [0.3, 0.4) is 0 Å². The highest BCUT2D eigenvalue weighted by Crippen LogP contribution is 2.35. The summed E-state index contributed by atoms with van der Waals surface area (Å²) in [7, 11) is -3.81. The molecule has 1 amide bonds. The average molecular weight is 541 g/mol. The first-order valence-electron chi connectivity index (χ1n) is 11.4. The number of anilines is 1. The van der Waals surface area contributed by atoms with E-state index in [0.717, 1.165) is 41.6 Å². The van der Waals surface area contributed by atoms with E-state index in [-0.39, 0.29) is 22.1 Å². The number of thioether (sulfide) groups is 1. The van der Waals surface area contributed by atoms with Crippen molar-refractivity contribution in [2.24, 2.45) is 5.14 Å². The van der Waals surface area contributed by atoms with E-state index in [1.165, 1.54) is 40.9 Å². The minimum absolute atomic E-state index is 0.0197. The van der Waals surface area contributed by atoms with Crippen molar-refractivity contribution in [1.29, 1.82) is 0 Å². The fourth-order valence-electron chi connectivity index (χ4n) is 4.26. The van der Waals surface area contributed by atoms with Crippen molar-refractivity contribution in [3.63, 3.8) is 0 Å². The van der Waals surface area contributed by atoms with E-state index in [4.69, 9.17) is 10.1 Å². The predicted octanol–water partition coefficient (Wildman–Crippen LogP) is 4.01. The van der Waals surface area contributed by atoms with E-state index < -0.39 is 10.0 Å². The van der Waals surface area contributed by atoms with Crippen molar-refractivity contribution in [3.05, 3.63) is 74.9 Å². The van der Waals surface area contributed by atoms with Crippen LogP contribution in [-0.2, 0) is 27.7 Å². The Morgan fingerprint density at radius 1 is 1.11 bits per heavy atom. The highest BCUT2D eigenvalue weighted by Gasteiger charge is 2.23. The molecule has 5 rings (SSSR count). The summed E-state index contributed by atoms with van der Waals surface area (Å²) in [6, 6.07) is 13.3. The largest absolute Gasteiger partial charge is 0.325 e. The van der Waals surface area contributed by atoms with Crippen LogP contribution in [0.15, 0.2) is 63.4 Å². The van der Waals surface area contributed by atoms with Gasteiger partial charge in [-0.3, -0.25) is 14.2 Å². The van der Waals surface area contributed by atoms with Gasteiger partial charge in [0.15, 0.2) is 5.16 Å². The number of amides is 1. The Morgan fingerprint density at radius 2 is 1.81 bits per heavy atom. The van der Waals surface area contributed by atoms with Gasteiger partial charge in [-0.15, -0.1) is 11.3 Å². The van der Waals surface area contributed by atoms with Crippen LogP contribution in [0.4, 0.5) is 5.69 Å². The molecule has 0 saturated heterocycles. The maximum Gasteiger partial charge on any atom is 0.267 e. The van der Waals surface area contributed by atoms with Crippen LogP contribution in [0.1, 0.15) is 28.8 Å². The summed E-state index contributed by atoms with van der Waals surface area (Å²) < 4.78 is 24.5. The van der Waals surface area contributed by atoms with Gasteiger partial charge in [0.1, 0.15) is 4.83 Å². The highest BCUT2D eigenvalue weighted by atomic mass is 32.2. The molecular weight excluding hydrogens is 517 g/mol. The van der Waals surface area contributed by atoms with Crippen molar-refractivity contribution in [1.82, 2.24) is 9.55 Å². The molecule has 0 aliphatic heterocycles. The number of aromatic nitrogens is 2. The number of thiophene rings is 1. The quantitative estimate of drug-likeness (QED) is 0.281. The fraction of sp³-hybridized carbons (Fsp3) is 0.240. The van der Waals surface area contributed by atoms with Gasteiger partial charge in [-0.2, -0.15) is 0 Å². The molecule has 1 aliphatic rings. The standard InChI is InChI=1S/C25H24N4O4S3/c1-15-6-10-17(11-7-15)29-24(31)22-19-4-2-3-5-20(19)35-23(22)28-25(29)34-14-21(30)27-16-8-12-18(13-9-16)36(26,32)33/h6-13H,2-5,14H2,1H3,(H,27,30)(H2,26,32,33). The third kappa shape index (κ3) is 4.96. The number of hydrogen-bond acceptors (Lipinski definition) is 7. The van der Waals surface area contributed by atoms with E-state index in [1.807, 2.05) is 31.2 Å². The van der Waals surface area contributed by atoms with Crippen molar-refractivity contribution in [2.45, 2.75) is 42.7 Å². The summed E-state index contributed by atoms with van der Waals surface area (Å²) in [5, 5.41) is 9.01. The summed E-state index contributed by atoms with van der Waals surface area (Å²) >= 11 is 2.76. The Hall–Kier alpha value is -2.99. The lowest BCUT2D eigenvalue weighted by Gasteiger charge is -2.14. The maximum atomic E-state index is 13.8. The molecule has 36 heavy (non-hydrogen) atoms. The van der Waals surface area contributed by atoms with Crippen LogP contribution >= 0.6 is 23.1 Å². The summed E-state index contributed by atoms with van der Waals surface area (Å²) in [6.45, 7) is 1.98. The molecule has 11 heteroatoms. The van der Waals surface area contributed by atoms with Crippen molar-refractivity contribution < 1.29 is 13.2 Å². The summed E-state index contributed by atoms with van der Waals surface area (Å²) in [5.74, 6) is -0.287. The topological polar surface area (TPSA) is 124 Å². The second kappa shape index (κ2) is 9.81. The van der Waals surface area contributed by atoms with E-state index in [2.05, 4.69) is 5.32 Å². The molecule has 8 nitrogen and oxygen atoms in total. The lowest BCUT2D eigenvalue weighted by atomic mass is 9.97. The molecule has 186 valence electrons. The number of carbonyl (C=O) groups excluding carboxylic acids is 1. The molecule has 2 aromatic carbocycles. The van der Waals surface area contributed by atoms with Crippen LogP contribution in [-0.4, -0.2) is 29.6 Å². The van der Waals surface area contributed by atoms with Gasteiger partial charge in [-0.05, 0) is 74.6 Å². The Kier molecular flexibility index (Phi) is 6.73. The molecule has 2 aromatic heterocycles. The molecular formula is C25H24N4O4S3. The number of aryl methyl sites for hydroxylation is 3. The monoisotopic (exact) mass is 540 g/mol. The maximum absolute atomic E-state index is 13.8. The van der Waals surface area contributed by atoms with Gasteiger partial charge in [0.05, 0.1) is 21.7 Å². The van der Waals surface area contributed by atoms with Gasteiger partial charge in [-0.25, -0.2) is 18.5 Å². The van der Waals surface area contributed by atoms with Crippen LogP contribution in [0.5, 0.6) is 0 Å². The third-order valence-corrected chi connectivity index (χ3v) is 9.10. The smallest absolute Gasteiger partial charge is 0.267 e. The lowest BCUT2D eigenvalue weighted by molar-refractivity contribution is -0.113. The first kappa shape index (κ1) is 24.7. The fourth-order valence-corrected chi connectivity index (χ4v) is 6.89. The Labute approximate surface area is 216 Å². The summed E-state index contributed by atoms with van der Waals surface area (Å²) in [5.41, 5.74) is 3.24. The van der Waals surface area contributed by atoms with Crippen LogP contribution in [0, 0.1) is 6.92 Å². The number of nitrogens with zero attached hydrogens (tertiary/aromatic N) is 2. The first-order chi connectivity index (χ1) is 17.2. The number of primary sulfonamides is 1. The Balaban J connectivity index is 1.46. The van der Waals surface area contributed by atoms with Gasteiger partial charge < -0.3 is 5.32 Å². The normalized spacial score (nSPS) is 13.5. The summed E-state index contributed by atoms with van der Waals surface area (Å²) in [4.78, 5) is 33.2.